The molecule has 1 fully saturated rings. The lowest BCUT2D eigenvalue weighted by atomic mass is 10.0. The molecule has 1 aliphatic rings. The number of carbonyl (C=O) groups excluding carboxylic acids is 1. The normalized spacial score (nSPS) is 14.8. The number of rotatable bonds is 2. The molecule has 3 heterocycles. The summed E-state index contributed by atoms with van der Waals surface area (Å²) in [6.07, 6.45) is 3.57. The molecule has 0 saturated carbocycles. The van der Waals surface area contributed by atoms with Gasteiger partial charge >= 0.3 is 0 Å². The maximum Gasteiger partial charge on any atom is 0.272 e. The van der Waals surface area contributed by atoms with Crippen molar-refractivity contribution >= 4 is 16.8 Å². The fraction of sp³-hybridized carbons (Fsp3) is 0.211. The molecule has 5 nitrogen and oxygen atoms in total. The van der Waals surface area contributed by atoms with E-state index in [0.29, 0.717) is 32.0 Å². The van der Waals surface area contributed by atoms with Crippen LogP contribution in [0.5, 0.6) is 0 Å². The lowest BCUT2D eigenvalue weighted by Gasteiger charge is -2.26. The van der Waals surface area contributed by atoms with Crippen molar-refractivity contribution in [2.24, 2.45) is 0 Å². The molecule has 1 aromatic carbocycles. The Balaban J connectivity index is 1.78. The summed E-state index contributed by atoms with van der Waals surface area (Å²) < 4.78 is 5.31. The van der Waals surface area contributed by atoms with Gasteiger partial charge in [0.25, 0.3) is 5.91 Å². The van der Waals surface area contributed by atoms with Gasteiger partial charge in [0, 0.05) is 36.4 Å². The molecule has 3 aromatic rings. The van der Waals surface area contributed by atoms with E-state index in [9.17, 15) is 4.79 Å². The fourth-order valence-electron chi connectivity index (χ4n) is 2.92. The lowest BCUT2D eigenvalue weighted by molar-refractivity contribution is 0.0299. The first-order valence-electron chi connectivity index (χ1n) is 8.00. The van der Waals surface area contributed by atoms with E-state index in [-0.39, 0.29) is 5.91 Å². The monoisotopic (exact) mass is 319 g/mol. The Hall–Kier alpha value is -2.79. The zero-order valence-electron chi connectivity index (χ0n) is 13.2. The second kappa shape index (κ2) is 6.37. The summed E-state index contributed by atoms with van der Waals surface area (Å²) >= 11 is 0. The average molecular weight is 319 g/mol. The van der Waals surface area contributed by atoms with Gasteiger partial charge in [0.15, 0.2) is 0 Å². The second-order valence-corrected chi connectivity index (χ2v) is 5.73. The minimum absolute atomic E-state index is 0.0453. The third-order valence-electron chi connectivity index (χ3n) is 4.20. The van der Waals surface area contributed by atoms with Crippen molar-refractivity contribution in [3.63, 3.8) is 0 Å². The van der Waals surface area contributed by atoms with E-state index in [1.165, 1.54) is 0 Å². The molecule has 4 rings (SSSR count). The molecule has 1 aliphatic heterocycles. The molecule has 120 valence electrons. The molecule has 1 saturated heterocycles. The highest BCUT2D eigenvalue weighted by Gasteiger charge is 2.20. The van der Waals surface area contributed by atoms with E-state index in [1.54, 1.807) is 23.4 Å². The number of benzene rings is 1. The minimum Gasteiger partial charge on any atom is -0.378 e. The van der Waals surface area contributed by atoms with Crippen LogP contribution in [-0.4, -0.2) is 47.1 Å². The van der Waals surface area contributed by atoms with Crippen LogP contribution in [0.25, 0.3) is 22.0 Å². The Labute approximate surface area is 139 Å². The van der Waals surface area contributed by atoms with Gasteiger partial charge in [-0.15, -0.1) is 0 Å². The molecule has 2 aromatic heterocycles. The van der Waals surface area contributed by atoms with Crippen LogP contribution in [0.2, 0.25) is 0 Å². The summed E-state index contributed by atoms with van der Waals surface area (Å²) in [5.41, 5.74) is 3.24. The lowest BCUT2D eigenvalue weighted by Crippen LogP contribution is -2.41. The van der Waals surface area contributed by atoms with Crippen molar-refractivity contribution < 1.29 is 9.53 Å². The fourth-order valence-corrected chi connectivity index (χ4v) is 2.92. The number of aromatic nitrogens is 2. The number of amides is 1. The van der Waals surface area contributed by atoms with Gasteiger partial charge in [-0.25, -0.2) is 4.98 Å². The molecule has 0 aliphatic carbocycles. The maximum atomic E-state index is 12.7. The van der Waals surface area contributed by atoms with Crippen LogP contribution in [0.15, 0.2) is 54.9 Å². The molecule has 1 amide bonds. The Kier molecular flexibility index (Phi) is 3.92. The molecule has 0 spiro atoms. The standard InChI is InChI=1S/C19H17N3O2/c23-19(22-8-10-24-11-9-22)17-7-6-15-12-20-13-16(18(15)21-17)14-4-2-1-3-5-14/h1-7,12-13H,8-11H2. The molecule has 5 heteroatoms. The van der Waals surface area contributed by atoms with Crippen molar-refractivity contribution in [3.8, 4) is 11.1 Å². The summed E-state index contributed by atoms with van der Waals surface area (Å²) in [7, 11) is 0. The highest BCUT2D eigenvalue weighted by atomic mass is 16.5. The summed E-state index contributed by atoms with van der Waals surface area (Å²) in [4.78, 5) is 23.4. The third-order valence-corrected chi connectivity index (χ3v) is 4.20. The number of fused-ring (bicyclic) bond motifs is 1. The van der Waals surface area contributed by atoms with Crippen molar-refractivity contribution in [2.75, 3.05) is 26.3 Å². The van der Waals surface area contributed by atoms with Crippen molar-refractivity contribution in [1.29, 1.82) is 0 Å². The van der Waals surface area contributed by atoms with Crippen LogP contribution in [-0.2, 0) is 4.74 Å². The Bertz CT molecular complexity index is 874. The predicted octanol–water partition coefficient (Wildman–Crippen LogP) is 2.77. The number of ether oxygens (including phenoxy) is 1. The van der Waals surface area contributed by atoms with Crippen LogP contribution in [0.3, 0.4) is 0 Å². The Morgan fingerprint density at radius 1 is 1.00 bits per heavy atom. The van der Waals surface area contributed by atoms with Crippen LogP contribution in [0, 0.1) is 0 Å². The van der Waals surface area contributed by atoms with Gasteiger partial charge < -0.3 is 9.64 Å². The van der Waals surface area contributed by atoms with Crippen LogP contribution in [0.1, 0.15) is 10.5 Å². The van der Waals surface area contributed by atoms with Crippen LogP contribution >= 0.6 is 0 Å². The number of nitrogens with zero attached hydrogens (tertiary/aromatic N) is 3. The molecule has 0 radical (unpaired) electrons. The molecule has 0 N–H and O–H groups in total. The van der Waals surface area contributed by atoms with Crippen molar-refractivity contribution in [3.05, 3.63) is 60.6 Å². The third kappa shape index (κ3) is 2.74. The minimum atomic E-state index is -0.0453. The first kappa shape index (κ1) is 14.8. The quantitative estimate of drug-likeness (QED) is 0.729. The Morgan fingerprint density at radius 2 is 1.79 bits per heavy atom. The largest absolute Gasteiger partial charge is 0.378 e. The van der Waals surface area contributed by atoms with Gasteiger partial charge in [-0.3, -0.25) is 9.78 Å². The number of carbonyl (C=O) groups is 1. The number of hydrogen-bond donors (Lipinski definition) is 0. The van der Waals surface area contributed by atoms with Crippen LogP contribution in [0.4, 0.5) is 0 Å². The highest BCUT2D eigenvalue weighted by molar-refractivity contribution is 5.98. The van der Waals surface area contributed by atoms with E-state index in [2.05, 4.69) is 9.97 Å². The maximum absolute atomic E-state index is 12.7. The van der Waals surface area contributed by atoms with E-state index >= 15 is 0 Å². The van der Waals surface area contributed by atoms with E-state index in [4.69, 9.17) is 4.74 Å². The molecule has 0 bridgehead atoms. The molecule has 0 unspecified atom stereocenters. The van der Waals surface area contributed by atoms with Gasteiger partial charge in [0.2, 0.25) is 0 Å². The summed E-state index contributed by atoms with van der Waals surface area (Å²) in [5.74, 6) is -0.0453. The van der Waals surface area contributed by atoms with Gasteiger partial charge in [-0.2, -0.15) is 0 Å². The zero-order chi connectivity index (χ0) is 16.4. The first-order chi connectivity index (χ1) is 11.8. The van der Waals surface area contributed by atoms with Gasteiger partial charge in [-0.1, -0.05) is 30.3 Å². The van der Waals surface area contributed by atoms with Gasteiger partial charge in [0.1, 0.15) is 5.69 Å². The summed E-state index contributed by atoms with van der Waals surface area (Å²) in [6.45, 7) is 2.39. The van der Waals surface area contributed by atoms with Crippen molar-refractivity contribution in [2.45, 2.75) is 0 Å². The summed E-state index contributed by atoms with van der Waals surface area (Å²) in [6, 6.07) is 13.7. The molecule has 0 atom stereocenters. The summed E-state index contributed by atoms with van der Waals surface area (Å²) in [5, 5.41) is 0.926. The molecular formula is C19H17N3O2. The van der Waals surface area contributed by atoms with Crippen molar-refractivity contribution in [1.82, 2.24) is 14.9 Å². The number of pyridine rings is 2. The van der Waals surface area contributed by atoms with Crippen LogP contribution < -0.4 is 0 Å². The van der Waals surface area contributed by atoms with E-state index in [0.717, 1.165) is 22.0 Å². The average Bonchev–Trinajstić information content (AvgIpc) is 2.68. The topological polar surface area (TPSA) is 55.3 Å². The smallest absolute Gasteiger partial charge is 0.272 e. The molecular weight excluding hydrogens is 302 g/mol. The van der Waals surface area contributed by atoms with E-state index in [1.807, 2.05) is 36.4 Å². The van der Waals surface area contributed by atoms with E-state index < -0.39 is 0 Å². The highest BCUT2D eigenvalue weighted by Crippen LogP contribution is 2.26. The molecule has 24 heavy (non-hydrogen) atoms. The number of morpholine rings is 1. The predicted molar refractivity (Wildman–Crippen MR) is 91.7 cm³/mol. The van der Waals surface area contributed by atoms with Gasteiger partial charge in [0.05, 0.1) is 18.7 Å². The Morgan fingerprint density at radius 3 is 2.58 bits per heavy atom. The second-order valence-electron chi connectivity index (χ2n) is 5.73. The number of hydrogen-bond acceptors (Lipinski definition) is 4. The zero-order valence-corrected chi connectivity index (χ0v) is 13.2. The SMILES string of the molecule is O=C(c1ccc2cncc(-c3ccccc3)c2n1)N1CCOCC1. The van der Waals surface area contributed by atoms with Gasteiger partial charge in [-0.05, 0) is 17.7 Å². The first-order valence-corrected chi connectivity index (χ1v) is 8.00.